The van der Waals surface area contributed by atoms with Gasteiger partial charge in [-0.25, -0.2) is 14.5 Å². The van der Waals surface area contributed by atoms with E-state index in [4.69, 9.17) is 14.7 Å². The molecule has 0 N–H and O–H groups in total. The third kappa shape index (κ3) is 3.15. The van der Waals surface area contributed by atoms with E-state index in [0.717, 1.165) is 5.39 Å². The first-order valence-corrected chi connectivity index (χ1v) is 7.67. The second kappa shape index (κ2) is 6.61. The lowest BCUT2D eigenvalue weighted by atomic mass is 10.2. The number of esters is 1. The van der Waals surface area contributed by atoms with Crippen molar-refractivity contribution in [1.82, 2.24) is 14.8 Å². The number of carbonyl (C=O) groups is 1. The topological polar surface area (TPSA) is 90.0 Å². The number of nitrogens with zero attached hydrogens (tertiary/aromatic N) is 4. The summed E-state index contributed by atoms with van der Waals surface area (Å²) in [6.07, 6.45) is 3.13. The van der Waals surface area contributed by atoms with Crippen LogP contribution in [0, 0.1) is 11.3 Å². The van der Waals surface area contributed by atoms with Gasteiger partial charge in [-0.2, -0.15) is 10.4 Å². The zero-order valence-corrected chi connectivity index (χ0v) is 14.1. The maximum Gasteiger partial charge on any atom is 0.345 e. The van der Waals surface area contributed by atoms with Gasteiger partial charge in [-0.1, -0.05) is 0 Å². The third-order valence-electron chi connectivity index (χ3n) is 3.65. The minimum absolute atomic E-state index is 0.172. The standard InChI is InChI=1S/C18H16N4O3/c1-11(2)22-17-13(10-21-22)7-14(9-20-17)18(23)25-15-5-4-12(8-19)6-16(15)24-3/h4-7,9-11H,1-3H3. The van der Waals surface area contributed by atoms with Crippen molar-refractivity contribution in [2.24, 2.45) is 0 Å². The molecule has 2 heterocycles. The number of benzene rings is 1. The highest BCUT2D eigenvalue weighted by Gasteiger charge is 2.16. The second-order valence-electron chi connectivity index (χ2n) is 5.69. The summed E-state index contributed by atoms with van der Waals surface area (Å²) in [5, 5.41) is 14.0. The molecule has 0 fully saturated rings. The number of hydrogen-bond acceptors (Lipinski definition) is 6. The van der Waals surface area contributed by atoms with Gasteiger partial charge in [-0.3, -0.25) is 0 Å². The number of rotatable bonds is 4. The average molecular weight is 336 g/mol. The lowest BCUT2D eigenvalue weighted by Gasteiger charge is -2.09. The average Bonchev–Trinajstić information content (AvgIpc) is 3.05. The molecule has 2 aromatic heterocycles. The first-order valence-electron chi connectivity index (χ1n) is 7.67. The second-order valence-corrected chi connectivity index (χ2v) is 5.69. The van der Waals surface area contributed by atoms with Crippen LogP contribution in [0.1, 0.15) is 35.8 Å². The van der Waals surface area contributed by atoms with E-state index in [1.807, 2.05) is 19.9 Å². The van der Waals surface area contributed by atoms with Crippen molar-refractivity contribution in [2.75, 3.05) is 7.11 Å². The van der Waals surface area contributed by atoms with Crippen LogP contribution in [0.4, 0.5) is 0 Å². The Labute approximate surface area is 144 Å². The van der Waals surface area contributed by atoms with Crippen molar-refractivity contribution in [1.29, 1.82) is 5.26 Å². The molecule has 0 aliphatic rings. The molecular formula is C18H16N4O3. The molecule has 126 valence electrons. The highest BCUT2D eigenvalue weighted by atomic mass is 16.6. The molecule has 0 aliphatic carbocycles. The number of methoxy groups -OCH3 is 1. The van der Waals surface area contributed by atoms with Crippen LogP contribution in [-0.2, 0) is 0 Å². The Hall–Kier alpha value is -3.40. The molecule has 0 saturated carbocycles. The fourth-order valence-corrected chi connectivity index (χ4v) is 2.41. The lowest BCUT2D eigenvalue weighted by molar-refractivity contribution is 0.0729. The Bertz CT molecular complexity index is 986. The predicted octanol–water partition coefficient (Wildman–Crippen LogP) is 3.11. The van der Waals surface area contributed by atoms with Gasteiger partial charge in [0.2, 0.25) is 0 Å². The molecule has 0 amide bonds. The van der Waals surface area contributed by atoms with Gasteiger partial charge in [0.05, 0.1) is 30.5 Å². The Kier molecular flexibility index (Phi) is 4.35. The molecule has 0 unspecified atom stereocenters. The van der Waals surface area contributed by atoms with Crippen LogP contribution in [0.2, 0.25) is 0 Å². The van der Waals surface area contributed by atoms with Crippen LogP contribution in [0.5, 0.6) is 11.5 Å². The van der Waals surface area contributed by atoms with Crippen LogP contribution in [0.25, 0.3) is 11.0 Å². The fraction of sp³-hybridized carbons (Fsp3) is 0.222. The first-order chi connectivity index (χ1) is 12.0. The molecule has 3 rings (SSSR count). The smallest absolute Gasteiger partial charge is 0.345 e. The van der Waals surface area contributed by atoms with Crippen molar-refractivity contribution < 1.29 is 14.3 Å². The number of nitriles is 1. The summed E-state index contributed by atoms with van der Waals surface area (Å²) in [6.45, 7) is 4.01. The van der Waals surface area contributed by atoms with Gasteiger partial charge >= 0.3 is 5.97 Å². The van der Waals surface area contributed by atoms with Crippen molar-refractivity contribution in [3.8, 4) is 17.6 Å². The number of fused-ring (bicyclic) bond motifs is 1. The molecular weight excluding hydrogens is 320 g/mol. The number of carbonyl (C=O) groups excluding carboxylic acids is 1. The van der Waals surface area contributed by atoms with Crippen molar-refractivity contribution in [2.45, 2.75) is 19.9 Å². The lowest BCUT2D eigenvalue weighted by Crippen LogP contribution is -2.10. The van der Waals surface area contributed by atoms with E-state index in [0.29, 0.717) is 22.5 Å². The van der Waals surface area contributed by atoms with Crippen LogP contribution in [0.3, 0.4) is 0 Å². The van der Waals surface area contributed by atoms with Gasteiger partial charge in [-0.05, 0) is 32.0 Å². The quantitative estimate of drug-likeness (QED) is 0.537. The summed E-state index contributed by atoms with van der Waals surface area (Å²) in [5.41, 5.74) is 1.44. The molecule has 0 aliphatic heterocycles. The maximum absolute atomic E-state index is 12.4. The van der Waals surface area contributed by atoms with Crippen molar-refractivity contribution in [3.05, 3.63) is 47.8 Å². The Balaban J connectivity index is 1.89. The summed E-state index contributed by atoms with van der Waals surface area (Å²) in [7, 11) is 1.45. The normalized spacial score (nSPS) is 10.7. The minimum atomic E-state index is -0.560. The van der Waals surface area contributed by atoms with E-state index in [-0.39, 0.29) is 11.8 Å². The zero-order valence-electron chi connectivity index (χ0n) is 14.1. The Morgan fingerprint density at radius 1 is 1.24 bits per heavy atom. The van der Waals surface area contributed by atoms with E-state index >= 15 is 0 Å². The number of ether oxygens (including phenoxy) is 2. The zero-order chi connectivity index (χ0) is 18.0. The molecule has 0 bridgehead atoms. The summed E-state index contributed by atoms with van der Waals surface area (Å²) in [4.78, 5) is 16.7. The predicted molar refractivity (Wildman–Crippen MR) is 90.6 cm³/mol. The summed E-state index contributed by atoms with van der Waals surface area (Å²) >= 11 is 0. The molecule has 7 heteroatoms. The molecule has 0 atom stereocenters. The summed E-state index contributed by atoms with van der Waals surface area (Å²) in [5.74, 6) is -0.00626. The summed E-state index contributed by atoms with van der Waals surface area (Å²) in [6, 6.07) is 8.46. The molecule has 3 aromatic rings. The van der Waals surface area contributed by atoms with Gasteiger partial charge in [-0.15, -0.1) is 0 Å². The summed E-state index contributed by atoms with van der Waals surface area (Å²) < 4.78 is 12.3. The van der Waals surface area contributed by atoms with Gasteiger partial charge < -0.3 is 9.47 Å². The van der Waals surface area contributed by atoms with E-state index in [1.54, 1.807) is 23.0 Å². The highest BCUT2D eigenvalue weighted by Crippen LogP contribution is 2.28. The largest absolute Gasteiger partial charge is 0.493 e. The number of aromatic nitrogens is 3. The van der Waals surface area contributed by atoms with E-state index in [2.05, 4.69) is 10.1 Å². The molecule has 0 spiro atoms. The van der Waals surface area contributed by atoms with Gasteiger partial charge in [0.25, 0.3) is 0 Å². The monoisotopic (exact) mass is 336 g/mol. The van der Waals surface area contributed by atoms with Crippen molar-refractivity contribution >= 4 is 17.0 Å². The van der Waals surface area contributed by atoms with Crippen LogP contribution >= 0.6 is 0 Å². The van der Waals surface area contributed by atoms with E-state index in [1.165, 1.54) is 25.4 Å². The van der Waals surface area contributed by atoms with Crippen LogP contribution in [-0.4, -0.2) is 27.8 Å². The Morgan fingerprint density at radius 3 is 2.72 bits per heavy atom. The molecule has 25 heavy (non-hydrogen) atoms. The third-order valence-corrected chi connectivity index (χ3v) is 3.65. The van der Waals surface area contributed by atoms with Crippen LogP contribution < -0.4 is 9.47 Å². The molecule has 7 nitrogen and oxygen atoms in total. The van der Waals surface area contributed by atoms with Crippen molar-refractivity contribution in [3.63, 3.8) is 0 Å². The van der Waals surface area contributed by atoms with Crippen LogP contribution in [0.15, 0.2) is 36.7 Å². The van der Waals surface area contributed by atoms with Gasteiger partial charge in [0.1, 0.15) is 0 Å². The number of pyridine rings is 1. The minimum Gasteiger partial charge on any atom is -0.493 e. The van der Waals surface area contributed by atoms with E-state index in [9.17, 15) is 4.79 Å². The molecule has 0 radical (unpaired) electrons. The van der Waals surface area contributed by atoms with Gasteiger partial charge in [0.15, 0.2) is 17.1 Å². The Morgan fingerprint density at radius 2 is 2.04 bits per heavy atom. The van der Waals surface area contributed by atoms with E-state index < -0.39 is 5.97 Å². The first kappa shape index (κ1) is 16.5. The van der Waals surface area contributed by atoms with Gasteiger partial charge in [0, 0.05) is 23.7 Å². The number of hydrogen-bond donors (Lipinski definition) is 0. The fourth-order valence-electron chi connectivity index (χ4n) is 2.41. The highest BCUT2D eigenvalue weighted by molar-refractivity contribution is 5.94. The maximum atomic E-state index is 12.4. The SMILES string of the molecule is COc1cc(C#N)ccc1OC(=O)c1cnc2c(cnn2C(C)C)c1. The molecule has 1 aromatic carbocycles. The molecule has 0 saturated heterocycles.